The number of rotatable bonds is 3. The van der Waals surface area contributed by atoms with E-state index in [0.717, 1.165) is 12.2 Å². The van der Waals surface area contributed by atoms with Crippen LogP contribution in [0.25, 0.3) is 10.9 Å². The first-order valence-corrected chi connectivity index (χ1v) is 8.52. The third-order valence-electron chi connectivity index (χ3n) is 4.65. The number of benzene rings is 2. The van der Waals surface area contributed by atoms with Crippen LogP contribution in [-0.2, 0) is 6.54 Å². The molecular formula is C19H18ClN3O. The van der Waals surface area contributed by atoms with Crippen molar-refractivity contribution in [2.75, 3.05) is 0 Å². The Hall–Kier alpha value is -2.17. The molecular weight excluding hydrogens is 322 g/mol. The van der Waals surface area contributed by atoms with Crippen molar-refractivity contribution in [2.24, 2.45) is 0 Å². The van der Waals surface area contributed by atoms with Crippen molar-refractivity contribution in [3.05, 3.63) is 75.3 Å². The van der Waals surface area contributed by atoms with Crippen molar-refractivity contribution >= 4 is 22.5 Å². The summed E-state index contributed by atoms with van der Waals surface area (Å²) in [5, 5.41) is 4.75. The van der Waals surface area contributed by atoms with E-state index in [4.69, 9.17) is 16.6 Å². The first kappa shape index (κ1) is 15.4. The van der Waals surface area contributed by atoms with Gasteiger partial charge in [0.15, 0.2) is 0 Å². The molecule has 122 valence electrons. The molecule has 2 atom stereocenters. The molecule has 1 aliphatic rings. The highest BCUT2D eigenvalue weighted by Gasteiger charge is 2.27. The quantitative estimate of drug-likeness (QED) is 0.788. The zero-order chi connectivity index (χ0) is 16.7. The van der Waals surface area contributed by atoms with E-state index in [0.29, 0.717) is 22.5 Å². The molecule has 1 aliphatic heterocycles. The molecule has 2 heterocycles. The normalized spacial score (nSPS) is 17.8. The monoisotopic (exact) mass is 339 g/mol. The van der Waals surface area contributed by atoms with Gasteiger partial charge in [-0.3, -0.25) is 9.36 Å². The first-order chi connectivity index (χ1) is 11.6. The lowest BCUT2D eigenvalue weighted by Crippen LogP contribution is -2.26. The zero-order valence-electron chi connectivity index (χ0n) is 13.4. The number of nitrogens with zero attached hydrogens (tertiary/aromatic N) is 2. The Morgan fingerprint density at radius 2 is 2.04 bits per heavy atom. The van der Waals surface area contributed by atoms with Crippen molar-refractivity contribution < 1.29 is 0 Å². The van der Waals surface area contributed by atoms with Crippen LogP contribution in [0, 0.1) is 0 Å². The number of aromatic nitrogens is 2. The van der Waals surface area contributed by atoms with E-state index < -0.39 is 0 Å². The van der Waals surface area contributed by atoms with Gasteiger partial charge in [-0.15, -0.1) is 0 Å². The predicted octanol–water partition coefficient (Wildman–Crippen LogP) is 3.85. The summed E-state index contributed by atoms with van der Waals surface area (Å²) in [5.41, 5.74) is 1.93. The number of hydrogen-bond donors (Lipinski definition) is 1. The van der Waals surface area contributed by atoms with Crippen LogP contribution >= 0.6 is 11.6 Å². The molecule has 0 fully saturated rings. The largest absolute Gasteiger partial charge is 0.301 e. The average molecular weight is 340 g/mol. The molecule has 0 saturated heterocycles. The van der Waals surface area contributed by atoms with E-state index in [1.54, 1.807) is 16.7 Å². The second-order valence-corrected chi connectivity index (χ2v) is 6.66. The summed E-state index contributed by atoms with van der Waals surface area (Å²) in [4.78, 5) is 17.4. The molecule has 4 nitrogen and oxygen atoms in total. The Balaban J connectivity index is 1.70. The minimum atomic E-state index is -0.00540. The zero-order valence-corrected chi connectivity index (χ0v) is 14.1. The summed E-state index contributed by atoms with van der Waals surface area (Å²) >= 11 is 6.02. The first-order valence-electron chi connectivity index (χ1n) is 8.14. The summed E-state index contributed by atoms with van der Waals surface area (Å²) in [7, 11) is 0. The molecule has 1 aromatic heterocycles. The van der Waals surface area contributed by atoms with Crippen LogP contribution in [0.15, 0.2) is 53.3 Å². The van der Waals surface area contributed by atoms with Crippen LogP contribution in [0.4, 0.5) is 0 Å². The van der Waals surface area contributed by atoms with Gasteiger partial charge in [-0.25, -0.2) is 4.98 Å². The van der Waals surface area contributed by atoms with Crippen molar-refractivity contribution in [2.45, 2.75) is 32.0 Å². The number of halogens is 1. The molecule has 0 spiro atoms. The number of nitrogens with one attached hydrogen (secondary N) is 1. The standard InChI is InChI=1S/C19H18ClN3O/c1-12(13-5-3-2-4-6-13)21-17-9-10-23-18(17)22-16-8-7-14(20)11-15(16)19(23)24/h2-8,11-12,17,21H,9-10H2,1H3. The van der Waals surface area contributed by atoms with Crippen LogP contribution in [0.5, 0.6) is 0 Å². The fraction of sp³-hybridized carbons (Fsp3) is 0.263. The summed E-state index contributed by atoms with van der Waals surface area (Å²) in [5.74, 6) is 0.817. The second-order valence-electron chi connectivity index (χ2n) is 6.23. The van der Waals surface area contributed by atoms with Crippen LogP contribution in [-0.4, -0.2) is 9.55 Å². The van der Waals surface area contributed by atoms with Gasteiger partial charge in [0.05, 0.1) is 16.9 Å². The third-order valence-corrected chi connectivity index (χ3v) is 4.88. The summed E-state index contributed by atoms with van der Waals surface area (Å²) in [6.07, 6.45) is 0.865. The fourth-order valence-corrected chi connectivity index (χ4v) is 3.55. The fourth-order valence-electron chi connectivity index (χ4n) is 3.38. The van der Waals surface area contributed by atoms with Gasteiger partial charge in [0.1, 0.15) is 5.82 Å². The molecule has 0 saturated carbocycles. The van der Waals surface area contributed by atoms with Gasteiger partial charge in [0.25, 0.3) is 5.56 Å². The molecule has 0 bridgehead atoms. The minimum Gasteiger partial charge on any atom is -0.301 e. The van der Waals surface area contributed by atoms with Crippen molar-refractivity contribution in [1.82, 2.24) is 14.9 Å². The van der Waals surface area contributed by atoms with Gasteiger partial charge < -0.3 is 5.32 Å². The topological polar surface area (TPSA) is 46.9 Å². The molecule has 3 aromatic rings. The molecule has 1 N–H and O–H groups in total. The summed E-state index contributed by atoms with van der Waals surface area (Å²) in [6.45, 7) is 2.82. The molecule has 0 amide bonds. The molecule has 2 aromatic carbocycles. The molecule has 0 aliphatic carbocycles. The highest BCUT2D eigenvalue weighted by Crippen LogP contribution is 2.27. The van der Waals surface area contributed by atoms with E-state index in [2.05, 4.69) is 24.4 Å². The molecule has 5 heteroatoms. The van der Waals surface area contributed by atoms with Gasteiger partial charge in [0.2, 0.25) is 0 Å². The van der Waals surface area contributed by atoms with Crippen molar-refractivity contribution in [1.29, 1.82) is 0 Å². The molecule has 2 unspecified atom stereocenters. The number of fused-ring (bicyclic) bond motifs is 2. The highest BCUT2D eigenvalue weighted by atomic mass is 35.5. The maximum absolute atomic E-state index is 12.7. The predicted molar refractivity (Wildman–Crippen MR) is 96.4 cm³/mol. The SMILES string of the molecule is CC(NC1CCn2c1nc1ccc(Cl)cc1c2=O)c1ccccc1. The van der Waals surface area contributed by atoms with Crippen LogP contribution in [0.1, 0.15) is 36.8 Å². The van der Waals surface area contributed by atoms with Crippen LogP contribution in [0.2, 0.25) is 5.02 Å². The minimum absolute atomic E-state index is 0.00540. The van der Waals surface area contributed by atoms with E-state index in [1.165, 1.54) is 5.56 Å². The van der Waals surface area contributed by atoms with Gasteiger partial charge in [0, 0.05) is 17.6 Å². The van der Waals surface area contributed by atoms with Gasteiger partial charge in [-0.05, 0) is 37.1 Å². The Morgan fingerprint density at radius 1 is 1.25 bits per heavy atom. The van der Waals surface area contributed by atoms with Crippen LogP contribution < -0.4 is 10.9 Å². The lowest BCUT2D eigenvalue weighted by Gasteiger charge is -2.19. The average Bonchev–Trinajstić information content (AvgIpc) is 2.99. The van der Waals surface area contributed by atoms with Crippen LogP contribution in [0.3, 0.4) is 0 Å². The van der Waals surface area contributed by atoms with E-state index in [-0.39, 0.29) is 17.6 Å². The second kappa shape index (κ2) is 6.04. The van der Waals surface area contributed by atoms with Crippen molar-refractivity contribution in [3.63, 3.8) is 0 Å². The highest BCUT2D eigenvalue weighted by molar-refractivity contribution is 6.31. The smallest absolute Gasteiger partial charge is 0.261 e. The van der Waals surface area contributed by atoms with Gasteiger partial charge in [-0.1, -0.05) is 41.9 Å². The van der Waals surface area contributed by atoms with Gasteiger partial charge in [-0.2, -0.15) is 0 Å². The van der Waals surface area contributed by atoms with E-state index >= 15 is 0 Å². The lowest BCUT2D eigenvalue weighted by molar-refractivity contribution is 0.459. The van der Waals surface area contributed by atoms with E-state index in [1.807, 2.05) is 24.3 Å². The Morgan fingerprint density at radius 3 is 2.83 bits per heavy atom. The lowest BCUT2D eigenvalue weighted by atomic mass is 10.1. The van der Waals surface area contributed by atoms with Gasteiger partial charge >= 0.3 is 0 Å². The number of hydrogen-bond acceptors (Lipinski definition) is 3. The molecule has 0 radical (unpaired) electrons. The molecule has 24 heavy (non-hydrogen) atoms. The third kappa shape index (κ3) is 2.62. The maximum atomic E-state index is 12.7. The summed E-state index contributed by atoms with van der Waals surface area (Å²) < 4.78 is 1.77. The summed E-state index contributed by atoms with van der Waals surface area (Å²) in [6, 6.07) is 15.9. The Bertz CT molecular complexity index is 952. The van der Waals surface area contributed by atoms with Crippen molar-refractivity contribution in [3.8, 4) is 0 Å². The Labute approximate surface area is 145 Å². The van der Waals surface area contributed by atoms with E-state index in [9.17, 15) is 4.79 Å². The molecule has 4 rings (SSSR count). The maximum Gasteiger partial charge on any atom is 0.261 e. The Kier molecular flexibility index (Phi) is 3.87.